The van der Waals surface area contributed by atoms with Gasteiger partial charge in [0.2, 0.25) is 0 Å². The third-order valence-corrected chi connectivity index (χ3v) is 6.75. The summed E-state index contributed by atoms with van der Waals surface area (Å²) < 4.78 is 0. The molecule has 5 atom stereocenters. The molecule has 0 radical (unpaired) electrons. The molecule has 26 heavy (non-hydrogen) atoms. The lowest BCUT2D eigenvalue weighted by atomic mass is 9.81. The van der Waals surface area contributed by atoms with E-state index in [0.29, 0.717) is 12.3 Å². The Morgan fingerprint density at radius 1 is 1.08 bits per heavy atom. The van der Waals surface area contributed by atoms with E-state index in [1.807, 2.05) is 30.3 Å². The molecule has 0 aromatic heterocycles. The summed E-state index contributed by atoms with van der Waals surface area (Å²) in [5, 5.41) is 30.1. The van der Waals surface area contributed by atoms with Crippen LogP contribution in [0.4, 0.5) is 0 Å². The molecule has 0 spiro atoms. The predicted octanol–water partition coefficient (Wildman–Crippen LogP) is 4.31. The van der Waals surface area contributed by atoms with Crippen LogP contribution < -0.4 is 0 Å². The van der Waals surface area contributed by atoms with Crippen LogP contribution in [0.2, 0.25) is 0 Å². The minimum atomic E-state index is -0.445. The van der Waals surface area contributed by atoms with Crippen LogP contribution in [0.15, 0.2) is 36.4 Å². The van der Waals surface area contributed by atoms with Gasteiger partial charge in [-0.3, -0.25) is 0 Å². The maximum Gasteiger partial charge on any atom is 0.0818 e. The molecule has 2 aliphatic rings. The maximum absolute atomic E-state index is 10.7. The number of rotatable bonds is 6. The van der Waals surface area contributed by atoms with Gasteiger partial charge in [-0.05, 0) is 48.6 Å². The Hall–Kier alpha value is -0.870. The van der Waals surface area contributed by atoms with Crippen molar-refractivity contribution in [1.82, 2.24) is 0 Å². The van der Waals surface area contributed by atoms with Gasteiger partial charge < -0.3 is 15.3 Å². The van der Waals surface area contributed by atoms with E-state index in [9.17, 15) is 10.2 Å². The molecule has 0 saturated heterocycles. The lowest BCUT2D eigenvalue weighted by Gasteiger charge is -2.27. The highest BCUT2D eigenvalue weighted by molar-refractivity contribution is 6.21. The summed E-state index contributed by atoms with van der Waals surface area (Å²) in [6.45, 7) is 0.0284. The van der Waals surface area contributed by atoms with Gasteiger partial charge in [0.1, 0.15) is 0 Å². The van der Waals surface area contributed by atoms with Crippen molar-refractivity contribution in [2.24, 2.45) is 11.8 Å². The quantitative estimate of drug-likeness (QED) is 0.510. The number of hydrogen-bond acceptors (Lipinski definition) is 3. The normalized spacial score (nSPS) is 31.5. The van der Waals surface area contributed by atoms with E-state index in [1.165, 1.54) is 19.3 Å². The number of aliphatic hydroxyl groups is 3. The summed E-state index contributed by atoms with van der Waals surface area (Å²) in [5.41, 5.74) is 2.06. The average molecular weight is 379 g/mol. The number of alkyl halides is 1. The Balaban J connectivity index is 1.72. The molecule has 3 rings (SSSR count). The van der Waals surface area contributed by atoms with E-state index in [4.69, 9.17) is 16.7 Å². The summed E-state index contributed by atoms with van der Waals surface area (Å²) in [7, 11) is 0. The van der Waals surface area contributed by atoms with Crippen LogP contribution in [0.1, 0.15) is 68.1 Å². The first-order chi connectivity index (χ1) is 12.6. The smallest absolute Gasteiger partial charge is 0.0818 e. The predicted molar refractivity (Wildman–Crippen MR) is 105 cm³/mol. The standard InChI is InChI=1S/C22H31ClO3/c23-19-14-20(25)21(18(19)8-4-5-13-24)15-9-11-17(12-10-15)22(26)16-6-2-1-3-7-16/h4-5,9-12,16,18-22,24-26H,1-3,6-8,13-14H2/b5-4-/t18-,19?,20+,21?,22?/m0/s1. The third-order valence-electron chi connectivity index (χ3n) is 6.25. The van der Waals surface area contributed by atoms with Crippen LogP contribution in [-0.2, 0) is 0 Å². The molecule has 0 aliphatic heterocycles. The van der Waals surface area contributed by atoms with Gasteiger partial charge in [0.15, 0.2) is 0 Å². The maximum atomic E-state index is 10.7. The zero-order chi connectivity index (χ0) is 18.5. The van der Waals surface area contributed by atoms with Crippen LogP contribution in [-0.4, -0.2) is 33.4 Å². The van der Waals surface area contributed by atoms with Gasteiger partial charge in [-0.25, -0.2) is 0 Å². The summed E-state index contributed by atoms with van der Waals surface area (Å²) >= 11 is 6.48. The molecular weight excluding hydrogens is 348 g/mol. The first-order valence-electron chi connectivity index (χ1n) is 9.97. The molecule has 3 unspecified atom stereocenters. The van der Waals surface area contributed by atoms with Crippen LogP contribution in [0.25, 0.3) is 0 Å². The summed E-state index contributed by atoms with van der Waals surface area (Å²) in [5.74, 6) is 0.528. The molecule has 2 saturated carbocycles. The first kappa shape index (κ1) is 19.9. The highest BCUT2D eigenvalue weighted by Gasteiger charge is 2.41. The molecule has 0 heterocycles. The van der Waals surface area contributed by atoms with Gasteiger partial charge in [-0.2, -0.15) is 0 Å². The number of halogens is 1. The third kappa shape index (κ3) is 4.51. The van der Waals surface area contributed by atoms with Gasteiger partial charge in [0, 0.05) is 11.3 Å². The molecule has 1 aromatic carbocycles. The first-order valence-corrected chi connectivity index (χ1v) is 10.4. The molecule has 0 bridgehead atoms. The fourth-order valence-electron chi connectivity index (χ4n) is 4.79. The van der Waals surface area contributed by atoms with E-state index >= 15 is 0 Å². The van der Waals surface area contributed by atoms with Gasteiger partial charge in [0.05, 0.1) is 18.8 Å². The molecule has 1 aromatic rings. The zero-order valence-corrected chi connectivity index (χ0v) is 16.1. The Kier molecular flexibility index (Phi) is 7.16. The van der Waals surface area contributed by atoms with Crippen molar-refractivity contribution in [1.29, 1.82) is 0 Å². The largest absolute Gasteiger partial charge is 0.392 e. The number of hydrogen-bond donors (Lipinski definition) is 3. The monoisotopic (exact) mass is 378 g/mol. The highest BCUT2D eigenvalue weighted by atomic mass is 35.5. The SMILES string of the molecule is OC/C=C\C[C@H]1C(Cl)C[C@@H](O)C1c1ccc(C(O)C2CCCCC2)cc1. The topological polar surface area (TPSA) is 60.7 Å². The van der Waals surface area contributed by atoms with Gasteiger partial charge in [-0.1, -0.05) is 55.7 Å². The van der Waals surface area contributed by atoms with Crippen LogP contribution in [0, 0.1) is 11.8 Å². The van der Waals surface area contributed by atoms with Crippen molar-refractivity contribution >= 4 is 11.6 Å². The molecule has 2 fully saturated rings. The molecule has 3 N–H and O–H groups in total. The minimum absolute atomic E-state index is 0.00159. The van der Waals surface area contributed by atoms with Crippen molar-refractivity contribution in [3.63, 3.8) is 0 Å². The van der Waals surface area contributed by atoms with Crippen molar-refractivity contribution in [3.05, 3.63) is 47.5 Å². The summed E-state index contributed by atoms with van der Waals surface area (Å²) in [6.07, 6.45) is 10.1. The molecule has 0 amide bonds. The summed E-state index contributed by atoms with van der Waals surface area (Å²) in [4.78, 5) is 0. The zero-order valence-electron chi connectivity index (χ0n) is 15.3. The Morgan fingerprint density at radius 2 is 1.77 bits per heavy atom. The Labute approximate surface area is 161 Å². The highest BCUT2D eigenvalue weighted by Crippen LogP contribution is 2.45. The summed E-state index contributed by atoms with van der Waals surface area (Å²) in [6, 6.07) is 8.13. The number of aliphatic hydroxyl groups excluding tert-OH is 3. The van der Waals surface area contributed by atoms with Crippen molar-refractivity contribution in [3.8, 4) is 0 Å². The van der Waals surface area contributed by atoms with Crippen molar-refractivity contribution in [2.75, 3.05) is 6.61 Å². The van der Waals surface area contributed by atoms with E-state index in [1.54, 1.807) is 6.08 Å². The molecule has 2 aliphatic carbocycles. The van der Waals surface area contributed by atoms with Gasteiger partial charge in [0.25, 0.3) is 0 Å². The van der Waals surface area contributed by atoms with E-state index in [0.717, 1.165) is 30.4 Å². The average Bonchev–Trinajstić information content (AvgIpc) is 2.95. The van der Waals surface area contributed by atoms with Crippen LogP contribution >= 0.6 is 11.6 Å². The van der Waals surface area contributed by atoms with Crippen LogP contribution in [0.5, 0.6) is 0 Å². The van der Waals surface area contributed by atoms with Gasteiger partial charge in [-0.15, -0.1) is 11.6 Å². The van der Waals surface area contributed by atoms with E-state index in [2.05, 4.69) is 0 Å². The second-order valence-electron chi connectivity index (χ2n) is 7.91. The van der Waals surface area contributed by atoms with E-state index in [-0.39, 0.29) is 29.9 Å². The second kappa shape index (κ2) is 9.36. The Bertz CT molecular complexity index is 580. The van der Waals surface area contributed by atoms with Gasteiger partial charge >= 0.3 is 0 Å². The van der Waals surface area contributed by atoms with E-state index < -0.39 is 6.10 Å². The molecule has 4 heteroatoms. The molecular formula is C22H31ClO3. The second-order valence-corrected chi connectivity index (χ2v) is 8.47. The number of benzene rings is 1. The number of allylic oxidation sites excluding steroid dienone is 1. The van der Waals surface area contributed by atoms with Crippen molar-refractivity contribution in [2.45, 2.75) is 68.4 Å². The van der Waals surface area contributed by atoms with Crippen molar-refractivity contribution < 1.29 is 15.3 Å². The fourth-order valence-corrected chi connectivity index (χ4v) is 5.23. The fraction of sp³-hybridized carbons (Fsp3) is 0.636. The minimum Gasteiger partial charge on any atom is -0.392 e. The molecule has 144 valence electrons. The molecule has 3 nitrogen and oxygen atoms in total. The Morgan fingerprint density at radius 3 is 2.42 bits per heavy atom. The lowest BCUT2D eigenvalue weighted by molar-refractivity contribution is 0.0848. The van der Waals surface area contributed by atoms with Crippen LogP contribution in [0.3, 0.4) is 0 Å². The lowest BCUT2D eigenvalue weighted by Crippen LogP contribution is -2.19.